The molecule has 0 saturated heterocycles. The van der Waals surface area contributed by atoms with Gasteiger partial charge in [-0.25, -0.2) is 9.59 Å². The van der Waals surface area contributed by atoms with Gasteiger partial charge in [0.2, 0.25) is 0 Å². The monoisotopic (exact) mass is 495 g/mol. The molecule has 0 aromatic heterocycles. The Bertz CT molecular complexity index is 1030. The van der Waals surface area contributed by atoms with Crippen LogP contribution in [0.15, 0.2) is 42.5 Å². The lowest BCUT2D eigenvalue weighted by Crippen LogP contribution is -3.00. The summed E-state index contributed by atoms with van der Waals surface area (Å²) in [6, 6.07) is 10.2. The minimum absolute atomic E-state index is 0. The molecule has 0 aliphatic carbocycles. The largest absolute Gasteiger partial charge is 1.00 e. The first-order valence-corrected chi connectivity index (χ1v) is 10.0. The normalized spacial score (nSPS) is 10.4. The second-order valence-corrected chi connectivity index (χ2v) is 7.56. The number of carbonyl (C=O) groups is 2. The molecule has 2 rings (SSSR count). The van der Waals surface area contributed by atoms with Crippen LogP contribution in [-0.2, 0) is 22.6 Å². The van der Waals surface area contributed by atoms with E-state index in [4.69, 9.17) is 4.74 Å². The van der Waals surface area contributed by atoms with Crippen molar-refractivity contribution in [3.8, 4) is 0 Å². The Balaban J connectivity index is 0.00000578. The number of nitrogens with zero attached hydrogens (tertiary/aromatic N) is 4. The fourth-order valence-electron chi connectivity index (χ4n) is 2.90. The Morgan fingerprint density at radius 3 is 2.09 bits per heavy atom. The first kappa shape index (κ1) is 28.4. The predicted octanol–water partition coefficient (Wildman–Crippen LogP) is -1.53. The molecule has 2 N–H and O–H groups in total. The molecule has 0 spiro atoms. The number of nitrogens with two attached hydrogens (primary N) is 1. The van der Waals surface area contributed by atoms with Gasteiger partial charge in [0.15, 0.2) is 0 Å². The molecular formula is C21H26ClN5O7. The summed E-state index contributed by atoms with van der Waals surface area (Å²) in [6.45, 7) is 1.18. The second kappa shape index (κ2) is 13.2. The summed E-state index contributed by atoms with van der Waals surface area (Å²) in [5, 5.41) is 23.6. The molecule has 0 radical (unpaired) electrons. The average molecular weight is 496 g/mol. The zero-order chi connectivity index (χ0) is 24.5. The molecule has 2 aromatic carbocycles. The van der Waals surface area contributed by atoms with Gasteiger partial charge in [-0.3, -0.25) is 30.4 Å². The third kappa shape index (κ3) is 8.39. The van der Waals surface area contributed by atoms with Gasteiger partial charge in [0.25, 0.3) is 0 Å². The number of likely N-dealkylation sites (N-methyl/N-ethyl adjacent to an activating group) is 1. The quantitative estimate of drug-likeness (QED) is 0.308. The molecule has 0 fully saturated rings. The molecule has 0 aliphatic heterocycles. The van der Waals surface area contributed by atoms with Gasteiger partial charge < -0.3 is 22.0 Å². The highest BCUT2D eigenvalue weighted by Crippen LogP contribution is 2.28. The van der Waals surface area contributed by atoms with Crippen molar-refractivity contribution in [2.45, 2.75) is 13.0 Å². The topological polar surface area (TPSA) is 153 Å². The van der Waals surface area contributed by atoms with Gasteiger partial charge in [0, 0.05) is 31.4 Å². The number of primary amides is 1. The van der Waals surface area contributed by atoms with E-state index in [1.807, 2.05) is 19.0 Å². The van der Waals surface area contributed by atoms with Gasteiger partial charge >= 0.3 is 23.4 Å². The van der Waals surface area contributed by atoms with Gasteiger partial charge in [0.05, 0.1) is 22.8 Å². The number of benzene rings is 2. The molecule has 0 unspecified atom stereocenters. The molecule has 12 nitrogen and oxygen atoms in total. The lowest BCUT2D eigenvalue weighted by atomic mass is 10.1. The Kier molecular flexibility index (Phi) is 11.0. The number of carbonyl (C=O) groups excluding carboxylic acids is 2. The standard InChI is InChI=1S/C21H25N5O7.ClH/c1-23(2)11-10-22-20(27)13-15-4-7-17(8-5-15)24(3)21(28)33-14-16-6-9-18(25(29)30)19(12-16)26(31)32;/h4-9,12H,10-11,13-14H2,1-3H3,(H,22,27);1H. The fourth-order valence-corrected chi connectivity index (χ4v) is 2.90. The van der Waals surface area contributed by atoms with E-state index in [-0.39, 0.29) is 36.9 Å². The Hall–Kier alpha value is -3.61. The van der Waals surface area contributed by atoms with E-state index in [2.05, 4.69) is 0 Å². The van der Waals surface area contributed by atoms with Crippen molar-refractivity contribution in [1.82, 2.24) is 4.90 Å². The fraction of sp³-hybridized carbons (Fsp3) is 0.333. The zero-order valence-corrected chi connectivity index (χ0v) is 19.7. The number of halogens is 1. The SMILES string of the molecule is CN(C)CC[NH2+]C(=O)Cc1ccc(N(C)C(=O)OCc2ccc([N+](=O)[O-])c([N+](=O)[O-])c2)cc1.[Cl-]. The Morgan fingerprint density at radius 2 is 1.53 bits per heavy atom. The summed E-state index contributed by atoms with van der Waals surface area (Å²) in [5.41, 5.74) is 0.271. The van der Waals surface area contributed by atoms with Crippen molar-refractivity contribution in [2.75, 3.05) is 39.1 Å². The van der Waals surface area contributed by atoms with E-state index >= 15 is 0 Å². The predicted molar refractivity (Wildman–Crippen MR) is 119 cm³/mol. The molecule has 0 aliphatic rings. The molecule has 34 heavy (non-hydrogen) atoms. The molecule has 13 heteroatoms. The van der Waals surface area contributed by atoms with Gasteiger partial charge in [-0.1, -0.05) is 12.1 Å². The minimum atomic E-state index is -0.859. The number of rotatable bonds is 10. The van der Waals surface area contributed by atoms with Crippen molar-refractivity contribution in [2.24, 2.45) is 0 Å². The van der Waals surface area contributed by atoms with E-state index in [9.17, 15) is 29.8 Å². The number of hydrogen-bond donors (Lipinski definition) is 1. The van der Waals surface area contributed by atoms with E-state index in [1.54, 1.807) is 29.6 Å². The minimum Gasteiger partial charge on any atom is -1.00 e. The number of nitro benzene ring substituents is 2. The third-order valence-corrected chi connectivity index (χ3v) is 4.72. The number of anilines is 1. The second-order valence-electron chi connectivity index (χ2n) is 7.56. The van der Waals surface area contributed by atoms with Crippen LogP contribution in [-0.4, -0.2) is 61.0 Å². The lowest BCUT2D eigenvalue weighted by Gasteiger charge is -2.17. The summed E-state index contributed by atoms with van der Waals surface area (Å²) in [7, 11) is 5.37. The molecule has 0 bridgehead atoms. The Labute approximate surface area is 202 Å². The average Bonchev–Trinajstić information content (AvgIpc) is 2.76. The highest BCUT2D eigenvalue weighted by atomic mass is 35.5. The molecule has 0 saturated carbocycles. The van der Waals surface area contributed by atoms with Crippen molar-refractivity contribution < 1.29 is 41.9 Å². The van der Waals surface area contributed by atoms with Crippen LogP contribution in [0.25, 0.3) is 0 Å². The molecular weight excluding hydrogens is 470 g/mol. The first-order valence-electron chi connectivity index (χ1n) is 10.0. The lowest BCUT2D eigenvalue weighted by molar-refractivity contribution is -0.568. The highest BCUT2D eigenvalue weighted by Gasteiger charge is 2.24. The van der Waals surface area contributed by atoms with Crippen LogP contribution in [0.5, 0.6) is 0 Å². The van der Waals surface area contributed by atoms with Crippen molar-refractivity contribution in [1.29, 1.82) is 0 Å². The van der Waals surface area contributed by atoms with Crippen LogP contribution in [0.3, 0.4) is 0 Å². The molecule has 2 amide bonds. The zero-order valence-electron chi connectivity index (χ0n) is 19.0. The van der Waals surface area contributed by atoms with Gasteiger partial charge in [-0.05, 0) is 43.4 Å². The number of quaternary nitrogens is 1. The van der Waals surface area contributed by atoms with Gasteiger partial charge in [-0.2, -0.15) is 0 Å². The summed E-state index contributed by atoms with van der Waals surface area (Å²) in [5.74, 6) is 0.0227. The maximum atomic E-state index is 12.3. The van der Waals surface area contributed by atoms with E-state index in [1.165, 1.54) is 18.0 Å². The van der Waals surface area contributed by atoms with Crippen LogP contribution in [0, 0.1) is 20.2 Å². The molecule has 184 valence electrons. The first-order chi connectivity index (χ1) is 15.6. The maximum absolute atomic E-state index is 12.3. The summed E-state index contributed by atoms with van der Waals surface area (Å²) in [6.07, 6.45) is -0.447. The number of hydrogen-bond acceptors (Lipinski definition) is 8. The maximum Gasteiger partial charge on any atom is 0.414 e. The van der Waals surface area contributed by atoms with Crippen LogP contribution in [0.1, 0.15) is 11.1 Å². The van der Waals surface area contributed by atoms with Crippen LogP contribution in [0.4, 0.5) is 21.9 Å². The summed E-state index contributed by atoms with van der Waals surface area (Å²) in [4.78, 5) is 47.8. The molecule has 2 aromatic rings. The number of nitro groups is 2. The van der Waals surface area contributed by atoms with Gasteiger partial charge in [-0.15, -0.1) is 0 Å². The van der Waals surface area contributed by atoms with E-state index < -0.39 is 27.3 Å². The van der Waals surface area contributed by atoms with Crippen LogP contribution < -0.4 is 22.6 Å². The highest BCUT2D eigenvalue weighted by molar-refractivity contribution is 5.87. The smallest absolute Gasteiger partial charge is 0.414 e. The van der Waals surface area contributed by atoms with Crippen molar-refractivity contribution in [3.05, 3.63) is 73.8 Å². The summed E-state index contributed by atoms with van der Waals surface area (Å²) >= 11 is 0. The number of ether oxygens (including phenoxy) is 1. The third-order valence-electron chi connectivity index (χ3n) is 4.72. The van der Waals surface area contributed by atoms with Crippen LogP contribution >= 0.6 is 0 Å². The molecule has 0 heterocycles. The van der Waals surface area contributed by atoms with Crippen molar-refractivity contribution >= 4 is 29.1 Å². The van der Waals surface area contributed by atoms with E-state index in [0.717, 1.165) is 24.2 Å². The number of amides is 2. The summed E-state index contributed by atoms with van der Waals surface area (Å²) < 4.78 is 5.17. The van der Waals surface area contributed by atoms with Gasteiger partial charge in [0.1, 0.15) is 6.61 Å². The van der Waals surface area contributed by atoms with Crippen molar-refractivity contribution in [3.63, 3.8) is 0 Å². The molecule has 0 atom stereocenters. The Morgan fingerprint density at radius 1 is 0.941 bits per heavy atom. The van der Waals surface area contributed by atoms with E-state index in [0.29, 0.717) is 12.2 Å². The van der Waals surface area contributed by atoms with Crippen LogP contribution in [0.2, 0.25) is 0 Å².